The van der Waals surface area contributed by atoms with Gasteiger partial charge in [0.15, 0.2) is 0 Å². The molecular weight excluding hydrogens is 157 g/mol. The number of hydrogen-bond acceptors (Lipinski definition) is 3. The summed E-state index contributed by atoms with van der Waals surface area (Å²) >= 11 is 0. The van der Waals surface area contributed by atoms with Crippen molar-refractivity contribution in [2.24, 2.45) is 0 Å². The van der Waals surface area contributed by atoms with E-state index in [1.54, 1.807) is 14.1 Å². The second-order valence-electron chi connectivity index (χ2n) is 2.29. The predicted molar refractivity (Wildman–Crippen MR) is 36.6 cm³/mol. The number of hydrogen-bond donors (Lipinski definition) is 3. The molecule has 10 heavy (non-hydrogen) atoms. The molecule has 6 heteroatoms. The zero-order chi connectivity index (χ0) is 8.36. The summed E-state index contributed by atoms with van der Waals surface area (Å²) in [6, 6.07) is 0. The highest BCUT2D eigenvalue weighted by molar-refractivity contribution is 7.51. The van der Waals surface area contributed by atoms with Gasteiger partial charge >= 0.3 is 7.60 Å². The minimum atomic E-state index is -4.07. The van der Waals surface area contributed by atoms with Crippen LogP contribution in [0.1, 0.15) is 0 Å². The highest BCUT2D eigenvalue weighted by Gasteiger charge is 2.20. The third kappa shape index (κ3) is 4.90. The summed E-state index contributed by atoms with van der Waals surface area (Å²) in [6.07, 6.45) is -1.58. The minimum Gasteiger partial charge on any atom is -0.378 e. The first-order valence-corrected chi connectivity index (χ1v) is 4.52. The number of aliphatic hydroxyl groups excluding tert-OH is 1. The van der Waals surface area contributed by atoms with Crippen molar-refractivity contribution in [3.8, 4) is 0 Å². The molecule has 0 saturated heterocycles. The van der Waals surface area contributed by atoms with Crippen molar-refractivity contribution in [1.29, 1.82) is 0 Å². The average molecular weight is 169 g/mol. The van der Waals surface area contributed by atoms with Gasteiger partial charge in [-0.2, -0.15) is 0 Å². The van der Waals surface area contributed by atoms with Crippen LogP contribution in [0.2, 0.25) is 0 Å². The molecule has 0 aromatic heterocycles. The summed E-state index contributed by atoms with van der Waals surface area (Å²) in [4.78, 5) is 18.1. The van der Waals surface area contributed by atoms with E-state index in [4.69, 9.17) is 14.9 Å². The van der Waals surface area contributed by atoms with Crippen LogP contribution in [-0.4, -0.2) is 46.3 Å². The average Bonchev–Trinajstić information content (AvgIpc) is 1.60. The normalized spacial score (nSPS) is 15.8. The maximum atomic E-state index is 10.3. The molecule has 0 saturated carbocycles. The smallest absolute Gasteiger partial charge is 0.329 e. The van der Waals surface area contributed by atoms with Crippen LogP contribution in [0.3, 0.4) is 0 Å². The van der Waals surface area contributed by atoms with Gasteiger partial charge in [-0.3, -0.25) is 9.46 Å². The Bertz CT molecular complexity index is 142. The van der Waals surface area contributed by atoms with Crippen LogP contribution in [0, 0.1) is 0 Å². The molecule has 0 fully saturated rings. The van der Waals surface area contributed by atoms with Gasteiger partial charge in [-0.15, -0.1) is 0 Å². The van der Waals surface area contributed by atoms with E-state index in [9.17, 15) is 4.57 Å². The van der Waals surface area contributed by atoms with Gasteiger partial charge in [0, 0.05) is 0 Å². The molecule has 5 nitrogen and oxygen atoms in total. The molecule has 1 atom stereocenters. The van der Waals surface area contributed by atoms with Crippen LogP contribution in [0.4, 0.5) is 0 Å². The third-order valence-corrected chi connectivity index (χ3v) is 1.80. The van der Waals surface area contributed by atoms with Crippen molar-refractivity contribution in [2.75, 3.05) is 20.3 Å². The van der Waals surface area contributed by atoms with Crippen LogP contribution in [0.15, 0.2) is 0 Å². The molecule has 3 N–H and O–H groups in total. The minimum absolute atomic E-state index is 0.514. The lowest BCUT2D eigenvalue weighted by atomic mass is 10.6. The standard InChI is InChI=1S/C4H12NO4P/c1-5(2)4(6)3-10(7,8)9/h4,6H,3H2,1-2H3,(H2,7,8,9). The molecule has 0 aliphatic heterocycles. The predicted octanol–water partition coefficient (Wildman–Crippen LogP) is -0.956. The van der Waals surface area contributed by atoms with E-state index in [0.29, 0.717) is 0 Å². The fraction of sp³-hybridized carbons (Fsp3) is 1.00. The molecule has 62 valence electrons. The Hall–Kier alpha value is 0.0700. The molecule has 0 spiro atoms. The summed E-state index contributed by atoms with van der Waals surface area (Å²) < 4.78 is 10.3. The van der Waals surface area contributed by atoms with Gasteiger partial charge in [0.25, 0.3) is 0 Å². The first-order chi connectivity index (χ1) is 4.33. The second-order valence-corrected chi connectivity index (χ2v) is 3.99. The lowest BCUT2D eigenvalue weighted by Crippen LogP contribution is -2.30. The fourth-order valence-corrected chi connectivity index (χ4v) is 1.13. The summed E-state index contributed by atoms with van der Waals surface area (Å²) in [5.41, 5.74) is 0. The fourth-order valence-electron chi connectivity index (χ4n) is 0.376. The molecule has 0 amide bonds. The molecule has 0 aliphatic carbocycles. The number of rotatable bonds is 3. The first-order valence-electron chi connectivity index (χ1n) is 2.72. The van der Waals surface area contributed by atoms with Crippen LogP contribution >= 0.6 is 7.60 Å². The molecule has 0 heterocycles. The van der Waals surface area contributed by atoms with Crippen molar-refractivity contribution in [3.05, 3.63) is 0 Å². The van der Waals surface area contributed by atoms with E-state index in [2.05, 4.69) is 0 Å². The van der Waals surface area contributed by atoms with Gasteiger partial charge in [0.05, 0.1) is 6.16 Å². The van der Waals surface area contributed by atoms with E-state index in [1.165, 1.54) is 4.90 Å². The molecule has 0 radical (unpaired) electrons. The molecule has 0 aromatic rings. The Morgan fingerprint density at radius 2 is 1.90 bits per heavy atom. The number of aliphatic hydroxyl groups is 1. The summed E-state index contributed by atoms with van der Waals surface area (Å²) in [6.45, 7) is 0. The van der Waals surface area contributed by atoms with Crippen LogP contribution < -0.4 is 0 Å². The van der Waals surface area contributed by atoms with E-state index in [1.807, 2.05) is 0 Å². The van der Waals surface area contributed by atoms with E-state index in [0.717, 1.165) is 0 Å². The van der Waals surface area contributed by atoms with Crippen molar-refractivity contribution in [1.82, 2.24) is 4.90 Å². The zero-order valence-corrected chi connectivity index (χ0v) is 6.82. The first kappa shape index (κ1) is 10.1. The van der Waals surface area contributed by atoms with Gasteiger partial charge in [0.2, 0.25) is 0 Å². The lowest BCUT2D eigenvalue weighted by molar-refractivity contribution is 0.0564. The van der Waals surface area contributed by atoms with Crippen LogP contribution in [0.5, 0.6) is 0 Å². The Morgan fingerprint density at radius 3 is 2.00 bits per heavy atom. The Morgan fingerprint density at radius 1 is 1.50 bits per heavy atom. The molecule has 0 rings (SSSR count). The van der Waals surface area contributed by atoms with Crippen molar-refractivity contribution in [2.45, 2.75) is 6.23 Å². The van der Waals surface area contributed by atoms with Gasteiger partial charge in [-0.25, -0.2) is 0 Å². The van der Waals surface area contributed by atoms with Gasteiger partial charge in [-0.1, -0.05) is 0 Å². The van der Waals surface area contributed by atoms with Gasteiger partial charge in [-0.05, 0) is 14.1 Å². The molecule has 1 unspecified atom stereocenters. The van der Waals surface area contributed by atoms with Crippen molar-refractivity contribution in [3.63, 3.8) is 0 Å². The largest absolute Gasteiger partial charge is 0.378 e. The lowest BCUT2D eigenvalue weighted by Gasteiger charge is -2.18. The maximum absolute atomic E-state index is 10.3. The third-order valence-electron chi connectivity index (χ3n) is 0.997. The monoisotopic (exact) mass is 169 g/mol. The summed E-state index contributed by atoms with van der Waals surface area (Å²) in [5.74, 6) is 0. The highest BCUT2D eigenvalue weighted by Crippen LogP contribution is 2.34. The van der Waals surface area contributed by atoms with E-state index < -0.39 is 20.0 Å². The van der Waals surface area contributed by atoms with E-state index in [-0.39, 0.29) is 0 Å². The zero-order valence-electron chi connectivity index (χ0n) is 5.93. The SMILES string of the molecule is CN(C)C(O)CP(=O)(O)O. The second kappa shape index (κ2) is 3.46. The topological polar surface area (TPSA) is 81.0 Å². The molecule has 0 bridgehead atoms. The number of nitrogens with zero attached hydrogens (tertiary/aromatic N) is 1. The quantitative estimate of drug-likeness (QED) is 0.374. The molecule has 0 aromatic carbocycles. The molecular formula is C4H12NO4P. The van der Waals surface area contributed by atoms with Crippen LogP contribution in [-0.2, 0) is 4.57 Å². The molecule has 0 aliphatic rings. The summed E-state index contributed by atoms with van der Waals surface area (Å²) in [7, 11) is -0.983. The Kier molecular flexibility index (Phi) is 3.48. The van der Waals surface area contributed by atoms with Gasteiger partial charge in [0.1, 0.15) is 6.23 Å². The van der Waals surface area contributed by atoms with Gasteiger partial charge < -0.3 is 14.9 Å². The summed E-state index contributed by atoms with van der Waals surface area (Å²) in [5, 5.41) is 8.90. The van der Waals surface area contributed by atoms with Crippen molar-refractivity contribution < 1.29 is 19.5 Å². The van der Waals surface area contributed by atoms with Crippen molar-refractivity contribution >= 4 is 7.60 Å². The van der Waals surface area contributed by atoms with Crippen LogP contribution in [0.25, 0.3) is 0 Å². The van der Waals surface area contributed by atoms with E-state index >= 15 is 0 Å². The Labute approximate surface area is 59.4 Å². The highest BCUT2D eigenvalue weighted by atomic mass is 31.2. The Balaban J connectivity index is 3.80. The maximum Gasteiger partial charge on any atom is 0.329 e.